The quantitative estimate of drug-likeness (QED) is 0.670. The summed E-state index contributed by atoms with van der Waals surface area (Å²) in [5.74, 6) is -0.0253. The second-order valence-electron chi connectivity index (χ2n) is 5.96. The predicted molar refractivity (Wildman–Crippen MR) is 85.2 cm³/mol. The average Bonchev–Trinajstić information content (AvgIpc) is 3.05. The molecule has 7 heteroatoms. The van der Waals surface area contributed by atoms with E-state index >= 15 is 0 Å². The number of ether oxygens (including phenoxy) is 1. The highest BCUT2D eigenvalue weighted by molar-refractivity contribution is 5.77. The Bertz CT molecular complexity index is 855. The van der Waals surface area contributed by atoms with Crippen molar-refractivity contribution in [3.63, 3.8) is 0 Å². The van der Waals surface area contributed by atoms with Crippen LogP contribution in [-0.4, -0.2) is 30.7 Å². The summed E-state index contributed by atoms with van der Waals surface area (Å²) in [4.78, 5) is 13.7. The Morgan fingerprint density at radius 2 is 2.08 bits per heavy atom. The summed E-state index contributed by atoms with van der Waals surface area (Å²) < 4.78 is 7.13. The molecular weight excluding hydrogens is 306 g/mol. The van der Waals surface area contributed by atoms with Crippen LogP contribution in [0, 0.1) is 5.92 Å². The molecule has 0 unspecified atom stereocenters. The Labute approximate surface area is 138 Å². The van der Waals surface area contributed by atoms with E-state index in [4.69, 9.17) is 4.74 Å². The van der Waals surface area contributed by atoms with Gasteiger partial charge in [-0.1, -0.05) is 18.2 Å². The number of para-hydroxylation sites is 1. The third kappa shape index (κ3) is 2.92. The molecule has 0 amide bonds. The molecule has 1 fully saturated rings. The Kier molecular flexibility index (Phi) is 3.60. The third-order valence-corrected chi connectivity index (χ3v) is 4.13. The highest BCUT2D eigenvalue weighted by Crippen LogP contribution is 2.48. The van der Waals surface area contributed by atoms with Crippen molar-refractivity contribution in [2.24, 2.45) is 13.0 Å². The lowest BCUT2D eigenvalue weighted by Gasteiger charge is -2.01. The van der Waals surface area contributed by atoms with Crippen molar-refractivity contribution in [1.29, 1.82) is 0 Å². The summed E-state index contributed by atoms with van der Waals surface area (Å²) >= 11 is 0. The van der Waals surface area contributed by atoms with E-state index in [2.05, 4.69) is 15.3 Å². The minimum Gasteiger partial charge on any atom is -0.459 e. The van der Waals surface area contributed by atoms with E-state index < -0.39 is 0 Å². The second-order valence-corrected chi connectivity index (χ2v) is 5.96. The van der Waals surface area contributed by atoms with Crippen molar-refractivity contribution in [1.82, 2.24) is 24.8 Å². The fourth-order valence-corrected chi connectivity index (χ4v) is 2.75. The van der Waals surface area contributed by atoms with Gasteiger partial charge in [0.05, 0.1) is 24.0 Å². The molecule has 24 heavy (non-hydrogen) atoms. The number of hydrogen-bond acceptors (Lipinski definition) is 5. The fraction of sp³-hybridized carbons (Fsp3) is 0.294. The monoisotopic (exact) mass is 323 g/mol. The summed E-state index contributed by atoms with van der Waals surface area (Å²) in [7, 11) is 1.87. The zero-order valence-electron chi connectivity index (χ0n) is 13.2. The van der Waals surface area contributed by atoms with Gasteiger partial charge >= 0.3 is 5.97 Å². The SMILES string of the molecule is Cn1cc([C@@H]2C[C@H]2C(=O)OCc2cnn(-c3ccccc3)n2)cn1. The van der Waals surface area contributed by atoms with Crippen LogP contribution in [-0.2, 0) is 23.2 Å². The fourth-order valence-electron chi connectivity index (χ4n) is 2.75. The van der Waals surface area contributed by atoms with E-state index in [1.165, 1.54) is 4.80 Å². The first-order chi connectivity index (χ1) is 11.7. The number of aromatic nitrogens is 5. The van der Waals surface area contributed by atoms with Crippen molar-refractivity contribution >= 4 is 5.97 Å². The number of aryl methyl sites for hydroxylation is 1. The highest BCUT2D eigenvalue weighted by Gasteiger charge is 2.45. The minimum absolute atomic E-state index is 0.0710. The molecule has 0 spiro atoms. The summed E-state index contributed by atoms with van der Waals surface area (Å²) in [6.07, 6.45) is 6.19. The minimum atomic E-state index is -0.182. The second kappa shape index (κ2) is 5.92. The molecule has 0 aliphatic heterocycles. The van der Waals surface area contributed by atoms with Crippen LogP contribution in [0.4, 0.5) is 0 Å². The van der Waals surface area contributed by atoms with Gasteiger partial charge in [0.1, 0.15) is 12.3 Å². The molecule has 7 nitrogen and oxygen atoms in total. The van der Waals surface area contributed by atoms with Gasteiger partial charge in [0.15, 0.2) is 0 Å². The smallest absolute Gasteiger partial charge is 0.309 e. The molecule has 4 rings (SSSR count). The number of rotatable bonds is 5. The van der Waals surface area contributed by atoms with E-state index in [0.717, 1.165) is 17.7 Å². The lowest BCUT2D eigenvalue weighted by molar-refractivity contribution is -0.146. The van der Waals surface area contributed by atoms with E-state index in [9.17, 15) is 4.79 Å². The van der Waals surface area contributed by atoms with Crippen LogP contribution < -0.4 is 0 Å². The van der Waals surface area contributed by atoms with Crippen LogP contribution in [0.2, 0.25) is 0 Å². The van der Waals surface area contributed by atoms with Crippen molar-refractivity contribution < 1.29 is 9.53 Å². The lowest BCUT2D eigenvalue weighted by Crippen LogP contribution is -2.08. The number of nitrogens with zero attached hydrogens (tertiary/aromatic N) is 5. The molecular formula is C17H17N5O2. The topological polar surface area (TPSA) is 74.8 Å². The summed E-state index contributed by atoms with van der Waals surface area (Å²) in [5, 5.41) is 12.7. The number of esters is 1. The zero-order valence-corrected chi connectivity index (χ0v) is 13.2. The van der Waals surface area contributed by atoms with Gasteiger partial charge in [0, 0.05) is 19.2 Å². The summed E-state index contributed by atoms with van der Waals surface area (Å²) in [6.45, 7) is 0.141. The Hall–Kier alpha value is -2.96. The van der Waals surface area contributed by atoms with Gasteiger partial charge in [0.2, 0.25) is 0 Å². The largest absolute Gasteiger partial charge is 0.459 e. The highest BCUT2D eigenvalue weighted by atomic mass is 16.5. The first kappa shape index (κ1) is 14.6. The van der Waals surface area contributed by atoms with Gasteiger partial charge in [-0.3, -0.25) is 9.48 Å². The maximum atomic E-state index is 12.1. The summed E-state index contributed by atoms with van der Waals surface area (Å²) in [6, 6.07) is 9.61. The molecule has 2 atom stereocenters. The third-order valence-electron chi connectivity index (χ3n) is 4.13. The Morgan fingerprint density at radius 3 is 2.83 bits per heavy atom. The van der Waals surface area contributed by atoms with Gasteiger partial charge in [-0.05, 0) is 24.1 Å². The van der Waals surface area contributed by atoms with Gasteiger partial charge in [-0.25, -0.2) is 0 Å². The summed E-state index contributed by atoms with van der Waals surface area (Å²) in [5.41, 5.74) is 2.59. The van der Waals surface area contributed by atoms with E-state index in [1.54, 1.807) is 10.9 Å². The number of benzene rings is 1. The molecule has 0 bridgehead atoms. The van der Waals surface area contributed by atoms with Crippen LogP contribution in [0.15, 0.2) is 48.9 Å². The maximum Gasteiger partial charge on any atom is 0.309 e. The molecule has 3 aromatic rings. The molecule has 0 saturated heterocycles. The number of carbonyl (C=O) groups is 1. The van der Waals surface area contributed by atoms with Gasteiger partial charge in [-0.2, -0.15) is 15.0 Å². The van der Waals surface area contributed by atoms with Crippen LogP contribution in [0.1, 0.15) is 23.6 Å². The molecule has 2 heterocycles. The molecule has 0 radical (unpaired) electrons. The standard InChI is InChI=1S/C17H17N5O2/c1-21-10-12(8-18-21)15-7-16(15)17(23)24-11-13-9-19-22(20-13)14-5-3-2-4-6-14/h2-6,8-10,15-16H,7,11H2,1H3/t15-,16+/m0/s1. The van der Waals surface area contributed by atoms with Crippen LogP contribution in [0.25, 0.3) is 5.69 Å². The van der Waals surface area contributed by atoms with Crippen molar-refractivity contribution in [2.45, 2.75) is 18.9 Å². The number of carbonyl (C=O) groups excluding carboxylic acids is 1. The molecule has 1 aromatic carbocycles. The van der Waals surface area contributed by atoms with Crippen LogP contribution >= 0.6 is 0 Å². The van der Waals surface area contributed by atoms with E-state index in [0.29, 0.717) is 5.69 Å². The van der Waals surface area contributed by atoms with Gasteiger partial charge in [-0.15, -0.1) is 5.10 Å². The van der Waals surface area contributed by atoms with Gasteiger partial charge in [0.25, 0.3) is 0 Å². The first-order valence-corrected chi connectivity index (χ1v) is 7.82. The molecule has 1 aliphatic rings. The molecule has 2 aromatic heterocycles. The Balaban J connectivity index is 1.33. The lowest BCUT2D eigenvalue weighted by atomic mass is 10.2. The van der Waals surface area contributed by atoms with Crippen LogP contribution in [0.5, 0.6) is 0 Å². The average molecular weight is 323 g/mol. The normalized spacial score (nSPS) is 19.2. The molecule has 0 N–H and O–H groups in total. The molecule has 1 aliphatic carbocycles. The Morgan fingerprint density at radius 1 is 1.25 bits per heavy atom. The van der Waals surface area contributed by atoms with Crippen molar-refractivity contribution in [3.8, 4) is 5.69 Å². The van der Waals surface area contributed by atoms with Gasteiger partial charge < -0.3 is 4.74 Å². The maximum absolute atomic E-state index is 12.1. The van der Waals surface area contributed by atoms with Crippen molar-refractivity contribution in [3.05, 3.63) is 60.2 Å². The first-order valence-electron chi connectivity index (χ1n) is 7.82. The van der Waals surface area contributed by atoms with E-state index in [1.807, 2.05) is 49.8 Å². The number of hydrogen-bond donors (Lipinski definition) is 0. The predicted octanol–water partition coefficient (Wildman–Crippen LogP) is 1.85. The van der Waals surface area contributed by atoms with Crippen molar-refractivity contribution in [2.75, 3.05) is 0 Å². The van der Waals surface area contributed by atoms with E-state index in [-0.39, 0.29) is 24.4 Å². The van der Waals surface area contributed by atoms with Crippen LogP contribution in [0.3, 0.4) is 0 Å². The zero-order chi connectivity index (χ0) is 16.5. The molecule has 1 saturated carbocycles. The molecule has 122 valence electrons.